The van der Waals surface area contributed by atoms with Crippen molar-refractivity contribution in [3.05, 3.63) is 43.8 Å². The molecule has 0 aliphatic rings. The summed E-state index contributed by atoms with van der Waals surface area (Å²) in [6.45, 7) is 1.80. The van der Waals surface area contributed by atoms with E-state index >= 15 is 0 Å². The Balaban J connectivity index is 2.64. The molecule has 2 nitrogen and oxygen atoms in total. The third kappa shape index (κ3) is 2.67. The number of halogens is 4. The fraction of sp³-hybridized carbons (Fsp3) is 0.0909. The van der Waals surface area contributed by atoms with Crippen molar-refractivity contribution in [2.24, 2.45) is 0 Å². The molecule has 88 valence electrons. The van der Waals surface area contributed by atoms with Crippen molar-refractivity contribution in [3.63, 3.8) is 0 Å². The van der Waals surface area contributed by atoms with E-state index in [9.17, 15) is 4.39 Å². The van der Waals surface area contributed by atoms with Crippen LogP contribution in [0, 0.1) is 12.7 Å². The molecule has 0 aliphatic heterocycles. The second kappa shape index (κ2) is 5.00. The molecule has 0 radical (unpaired) electrons. The van der Waals surface area contributed by atoms with Gasteiger partial charge in [-0.1, -0.05) is 27.5 Å². The Morgan fingerprint density at radius 2 is 1.94 bits per heavy atom. The molecule has 0 unspecified atom stereocenters. The molecule has 0 amide bonds. The summed E-state index contributed by atoms with van der Waals surface area (Å²) in [4.78, 5) is 8.38. The van der Waals surface area contributed by atoms with E-state index < -0.39 is 0 Å². The zero-order valence-corrected chi connectivity index (χ0v) is 12.6. The van der Waals surface area contributed by atoms with Crippen LogP contribution in [0.15, 0.2) is 27.1 Å². The van der Waals surface area contributed by atoms with Crippen molar-refractivity contribution >= 4 is 43.5 Å². The summed E-state index contributed by atoms with van der Waals surface area (Å²) in [5.74, 6) is 0.0468. The minimum Gasteiger partial charge on any atom is -0.232 e. The molecule has 0 bridgehead atoms. The van der Waals surface area contributed by atoms with E-state index in [1.54, 1.807) is 13.0 Å². The summed E-state index contributed by atoms with van der Waals surface area (Å²) in [5, 5.41) is 0.309. The van der Waals surface area contributed by atoms with Crippen LogP contribution in [0.5, 0.6) is 0 Å². The molecule has 0 spiro atoms. The maximum atomic E-state index is 13.2. The average Bonchev–Trinajstić information content (AvgIpc) is 2.28. The van der Waals surface area contributed by atoms with Gasteiger partial charge in [0.05, 0.1) is 10.2 Å². The molecule has 0 saturated heterocycles. The molecule has 2 rings (SSSR count). The van der Waals surface area contributed by atoms with E-state index in [0.29, 0.717) is 26.7 Å². The zero-order valence-electron chi connectivity index (χ0n) is 8.64. The summed E-state index contributed by atoms with van der Waals surface area (Å²) in [5.41, 5.74) is 1.28. The molecule has 17 heavy (non-hydrogen) atoms. The fourth-order valence-corrected chi connectivity index (χ4v) is 2.13. The Morgan fingerprint density at radius 1 is 1.24 bits per heavy atom. The van der Waals surface area contributed by atoms with E-state index in [1.165, 1.54) is 12.1 Å². The molecule has 0 fully saturated rings. The molecule has 0 saturated carbocycles. The fourth-order valence-electron chi connectivity index (χ4n) is 1.31. The summed E-state index contributed by atoms with van der Waals surface area (Å²) in [6, 6.07) is 4.34. The number of nitrogens with zero attached hydrogens (tertiary/aromatic N) is 2. The number of aromatic nitrogens is 2. The van der Waals surface area contributed by atoms with Gasteiger partial charge in [-0.2, -0.15) is 0 Å². The Kier molecular flexibility index (Phi) is 3.80. The SMILES string of the molecule is Cc1nc(-c2cc(F)ccc2Br)nc(Cl)c1Br. The van der Waals surface area contributed by atoms with Gasteiger partial charge in [-0.15, -0.1) is 0 Å². The molecular formula is C11H6Br2ClFN2. The first-order valence-corrected chi connectivity index (χ1v) is 6.60. The predicted molar refractivity (Wildman–Crippen MR) is 72.6 cm³/mol. The number of aryl methyl sites for hydroxylation is 1. The lowest BCUT2D eigenvalue weighted by Crippen LogP contribution is -1.95. The summed E-state index contributed by atoms with van der Waals surface area (Å²) in [7, 11) is 0. The molecule has 2 aromatic rings. The third-order valence-electron chi connectivity index (χ3n) is 2.15. The van der Waals surface area contributed by atoms with Crippen LogP contribution in [0.1, 0.15) is 5.69 Å². The number of hydrogen-bond donors (Lipinski definition) is 0. The number of rotatable bonds is 1. The lowest BCUT2D eigenvalue weighted by molar-refractivity contribution is 0.628. The minimum absolute atomic E-state index is 0.309. The van der Waals surface area contributed by atoms with Gasteiger partial charge in [0.1, 0.15) is 11.0 Å². The Morgan fingerprint density at radius 3 is 2.59 bits per heavy atom. The quantitative estimate of drug-likeness (QED) is 0.666. The van der Waals surface area contributed by atoms with Crippen molar-refractivity contribution in [1.29, 1.82) is 0 Å². The zero-order chi connectivity index (χ0) is 12.6. The van der Waals surface area contributed by atoms with Crippen molar-refractivity contribution in [3.8, 4) is 11.4 Å². The largest absolute Gasteiger partial charge is 0.232 e. The predicted octanol–water partition coefficient (Wildman–Crippen LogP) is 4.77. The minimum atomic E-state index is -0.344. The van der Waals surface area contributed by atoms with E-state index in [4.69, 9.17) is 11.6 Å². The van der Waals surface area contributed by atoms with Crippen LogP contribution >= 0.6 is 43.5 Å². The first-order chi connectivity index (χ1) is 7.99. The number of hydrogen-bond acceptors (Lipinski definition) is 2. The van der Waals surface area contributed by atoms with E-state index in [2.05, 4.69) is 41.8 Å². The first-order valence-electron chi connectivity index (χ1n) is 4.64. The van der Waals surface area contributed by atoms with Gasteiger partial charge in [0.2, 0.25) is 0 Å². The van der Waals surface area contributed by atoms with Gasteiger partial charge in [-0.3, -0.25) is 0 Å². The second-order valence-electron chi connectivity index (χ2n) is 3.36. The van der Waals surface area contributed by atoms with Crippen molar-refractivity contribution in [1.82, 2.24) is 9.97 Å². The van der Waals surface area contributed by atoms with Crippen LogP contribution in [0.3, 0.4) is 0 Å². The Bertz CT molecular complexity index is 567. The van der Waals surface area contributed by atoms with Gasteiger partial charge in [0, 0.05) is 10.0 Å². The number of benzene rings is 1. The molecule has 0 aliphatic carbocycles. The Labute approximate surface area is 119 Å². The molecule has 1 heterocycles. The summed E-state index contributed by atoms with van der Waals surface area (Å²) >= 11 is 12.6. The van der Waals surface area contributed by atoms with Gasteiger partial charge in [-0.25, -0.2) is 14.4 Å². The monoisotopic (exact) mass is 378 g/mol. The second-order valence-corrected chi connectivity index (χ2v) is 5.37. The molecule has 1 aromatic heterocycles. The lowest BCUT2D eigenvalue weighted by Gasteiger charge is -2.06. The van der Waals surface area contributed by atoms with Gasteiger partial charge >= 0.3 is 0 Å². The molecule has 1 aromatic carbocycles. The van der Waals surface area contributed by atoms with Crippen molar-refractivity contribution < 1.29 is 4.39 Å². The van der Waals surface area contributed by atoms with E-state index in [1.807, 2.05) is 0 Å². The standard InChI is InChI=1S/C11H6Br2ClFN2/c1-5-9(13)10(14)17-11(16-5)7-4-6(15)2-3-8(7)12/h2-4H,1H3. The summed E-state index contributed by atoms with van der Waals surface area (Å²) < 4.78 is 14.6. The maximum absolute atomic E-state index is 13.2. The molecular weight excluding hydrogens is 374 g/mol. The topological polar surface area (TPSA) is 25.8 Å². The van der Waals surface area contributed by atoms with E-state index in [-0.39, 0.29) is 5.82 Å². The van der Waals surface area contributed by atoms with Gasteiger partial charge in [-0.05, 0) is 41.1 Å². The van der Waals surface area contributed by atoms with Crippen LogP contribution < -0.4 is 0 Å². The highest BCUT2D eigenvalue weighted by molar-refractivity contribution is 9.11. The van der Waals surface area contributed by atoms with Crippen LogP contribution in [-0.4, -0.2) is 9.97 Å². The smallest absolute Gasteiger partial charge is 0.162 e. The highest BCUT2D eigenvalue weighted by Gasteiger charge is 2.12. The first kappa shape index (κ1) is 12.9. The molecule has 0 atom stereocenters. The van der Waals surface area contributed by atoms with Gasteiger partial charge in [0.25, 0.3) is 0 Å². The molecule has 6 heteroatoms. The van der Waals surface area contributed by atoms with E-state index in [0.717, 1.165) is 4.47 Å². The molecule has 0 N–H and O–H groups in total. The average molecular weight is 380 g/mol. The van der Waals surface area contributed by atoms with Crippen LogP contribution in [-0.2, 0) is 0 Å². The van der Waals surface area contributed by atoms with Crippen molar-refractivity contribution in [2.45, 2.75) is 6.92 Å². The Hall–Kier alpha value is -0.520. The highest BCUT2D eigenvalue weighted by atomic mass is 79.9. The van der Waals surface area contributed by atoms with Crippen molar-refractivity contribution in [2.75, 3.05) is 0 Å². The van der Waals surface area contributed by atoms with Crippen LogP contribution in [0.2, 0.25) is 5.15 Å². The normalized spacial score (nSPS) is 10.6. The van der Waals surface area contributed by atoms with Gasteiger partial charge < -0.3 is 0 Å². The van der Waals surface area contributed by atoms with Crippen LogP contribution in [0.25, 0.3) is 11.4 Å². The third-order valence-corrected chi connectivity index (χ3v) is 4.29. The maximum Gasteiger partial charge on any atom is 0.162 e. The van der Waals surface area contributed by atoms with Crippen LogP contribution in [0.4, 0.5) is 4.39 Å². The van der Waals surface area contributed by atoms with Gasteiger partial charge in [0.15, 0.2) is 5.82 Å². The lowest BCUT2D eigenvalue weighted by atomic mass is 10.2. The summed E-state index contributed by atoms with van der Waals surface area (Å²) in [6.07, 6.45) is 0. The highest BCUT2D eigenvalue weighted by Crippen LogP contribution is 2.30.